The lowest BCUT2D eigenvalue weighted by atomic mass is 10.1. The zero-order valence-corrected chi connectivity index (χ0v) is 12.3. The van der Waals surface area contributed by atoms with E-state index in [0.29, 0.717) is 6.61 Å². The van der Waals surface area contributed by atoms with Crippen LogP contribution in [0.2, 0.25) is 0 Å². The van der Waals surface area contributed by atoms with E-state index >= 15 is 0 Å². The average molecular weight is 305 g/mol. The molecule has 0 atom stereocenters. The smallest absolute Gasteiger partial charge is 0.119 e. The molecule has 0 radical (unpaired) electrons. The van der Waals surface area contributed by atoms with Crippen LogP contribution in [0.25, 0.3) is 0 Å². The van der Waals surface area contributed by atoms with Crippen LogP contribution in [0.15, 0.2) is 42.5 Å². The van der Waals surface area contributed by atoms with Crippen LogP contribution in [0.1, 0.15) is 22.3 Å². The fraction of sp³-hybridized carbons (Fsp3) is 0.250. The summed E-state index contributed by atoms with van der Waals surface area (Å²) in [5.41, 5.74) is 5.10. The standard InChI is InChI=1S/C16H17BrO/c1-12-3-4-15(9-13(12)2)11-18-16-7-5-14(10-17)6-8-16/h3-9H,10-11H2,1-2H3. The van der Waals surface area contributed by atoms with Crippen molar-refractivity contribution >= 4 is 15.9 Å². The zero-order valence-electron chi connectivity index (χ0n) is 10.7. The van der Waals surface area contributed by atoms with Gasteiger partial charge >= 0.3 is 0 Å². The maximum Gasteiger partial charge on any atom is 0.119 e. The molecule has 0 aliphatic carbocycles. The van der Waals surface area contributed by atoms with Gasteiger partial charge in [-0.1, -0.05) is 46.3 Å². The predicted molar refractivity (Wildman–Crippen MR) is 79.3 cm³/mol. The number of hydrogen-bond acceptors (Lipinski definition) is 1. The normalized spacial score (nSPS) is 10.4. The number of halogens is 1. The molecule has 94 valence electrons. The predicted octanol–water partition coefficient (Wildman–Crippen LogP) is 4.78. The summed E-state index contributed by atoms with van der Waals surface area (Å²) in [6.45, 7) is 4.87. The van der Waals surface area contributed by atoms with Crippen LogP contribution in [-0.4, -0.2) is 0 Å². The molecule has 0 saturated heterocycles. The van der Waals surface area contributed by atoms with Gasteiger partial charge in [-0.05, 0) is 48.2 Å². The molecule has 0 spiro atoms. The molecule has 18 heavy (non-hydrogen) atoms. The summed E-state index contributed by atoms with van der Waals surface area (Å²) >= 11 is 3.43. The highest BCUT2D eigenvalue weighted by molar-refractivity contribution is 9.08. The number of benzene rings is 2. The second kappa shape index (κ2) is 6.05. The van der Waals surface area contributed by atoms with Gasteiger partial charge in [-0.15, -0.1) is 0 Å². The number of alkyl halides is 1. The van der Waals surface area contributed by atoms with Gasteiger partial charge in [-0.3, -0.25) is 0 Å². The Kier molecular flexibility index (Phi) is 4.43. The largest absolute Gasteiger partial charge is 0.489 e. The first-order valence-electron chi connectivity index (χ1n) is 6.03. The van der Waals surface area contributed by atoms with Gasteiger partial charge in [0.25, 0.3) is 0 Å². The van der Waals surface area contributed by atoms with Crippen LogP contribution < -0.4 is 4.74 Å². The van der Waals surface area contributed by atoms with Crippen LogP contribution in [0, 0.1) is 13.8 Å². The molecule has 2 aromatic carbocycles. The number of aryl methyl sites for hydroxylation is 2. The van der Waals surface area contributed by atoms with Crippen molar-refractivity contribution in [2.24, 2.45) is 0 Å². The van der Waals surface area contributed by atoms with Crippen molar-refractivity contribution in [2.45, 2.75) is 25.8 Å². The molecule has 2 heteroatoms. The minimum absolute atomic E-state index is 0.620. The van der Waals surface area contributed by atoms with Crippen molar-refractivity contribution < 1.29 is 4.74 Å². The van der Waals surface area contributed by atoms with Crippen LogP contribution in [0.3, 0.4) is 0 Å². The first kappa shape index (κ1) is 13.2. The van der Waals surface area contributed by atoms with Gasteiger partial charge in [0.2, 0.25) is 0 Å². The molecule has 0 bridgehead atoms. The highest BCUT2D eigenvalue weighted by Crippen LogP contribution is 2.16. The summed E-state index contributed by atoms with van der Waals surface area (Å²) in [6.07, 6.45) is 0. The Morgan fingerprint density at radius 1 is 0.889 bits per heavy atom. The Morgan fingerprint density at radius 2 is 1.56 bits per heavy atom. The van der Waals surface area contributed by atoms with Crippen LogP contribution in [0.5, 0.6) is 5.75 Å². The first-order chi connectivity index (χ1) is 8.69. The molecule has 0 aliphatic heterocycles. The van der Waals surface area contributed by atoms with E-state index in [-0.39, 0.29) is 0 Å². The molecule has 2 aromatic rings. The summed E-state index contributed by atoms with van der Waals surface area (Å²) in [4.78, 5) is 0. The molecular formula is C16H17BrO. The van der Waals surface area contributed by atoms with Crippen LogP contribution in [0.4, 0.5) is 0 Å². The van der Waals surface area contributed by atoms with Gasteiger partial charge in [0.05, 0.1) is 0 Å². The van der Waals surface area contributed by atoms with Crippen molar-refractivity contribution in [3.8, 4) is 5.75 Å². The Balaban J connectivity index is 1.99. The average Bonchev–Trinajstić information content (AvgIpc) is 2.41. The Bertz CT molecular complexity index is 517. The van der Waals surface area contributed by atoms with E-state index in [4.69, 9.17) is 4.74 Å². The summed E-state index contributed by atoms with van der Waals surface area (Å²) in [5, 5.41) is 0.879. The van der Waals surface area contributed by atoms with E-state index in [9.17, 15) is 0 Å². The van der Waals surface area contributed by atoms with Crippen molar-refractivity contribution in [2.75, 3.05) is 0 Å². The van der Waals surface area contributed by atoms with E-state index in [2.05, 4.69) is 60.1 Å². The molecular weight excluding hydrogens is 288 g/mol. The molecule has 0 N–H and O–H groups in total. The summed E-state index contributed by atoms with van der Waals surface area (Å²) in [6, 6.07) is 14.6. The first-order valence-corrected chi connectivity index (χ1v) is 7.15. The lowest BCUT2D eigenvalue weighted by Crippen LogP contribution is -1.96. The van der Waals surface area contributed by atoms with Gasteiger partial charge in [0.1, 0.15) is 12.4 Å². The maximum atomic E-state index is 5.77. The Labute approximate surface area is 117 Å². The number of rotatable bonds is 4. The highest BCUT2D eigenvalue weighted by Gasteiger charge is 1.99. The topological polar surface area (TPSA) is 9.23 Å². The minimum Gasteiger partial charge on any atom is -0.489 e. The number of hydrogen-bond donors (Lipinski definition) is 0. The second-order valence-corrected chi connectivity index (χ2v) is 5.05. The molecule has 0 amide bonds. The Hall–Kier alpha value is -1.28. The van der Waals surface area contributed by atoms with E-state index in [1.165, 1.54) is 22.3 Å². The third kappa shape index (κ3) is 3.36. The lowest BCUT2D eigenvalue weighted by molar-refractivity contribution is 0.306. The van der Waals surface area contributed by atoms with E-state index in [0.717, 1.165) is 11.1 Å². The van der Waals surface area contributed by atoms with Crippen LogP contribution in [-0.2, 0) is 11.9 Å². The van der Waals surface area contributed by atoms with E-state index in [1.54, 1.807) is 0 Å². The van der Waals surface area contributed by atoms with Gasteiger partial charge in [0, 0.05) is 5.33 Å². The zero-order chi connectivity index (χ0) is 13.0. The molecule has 0 unspecified atom stereocenters. The fourth-order valence-electron chi connectivity index (χ4n) is 1.73. The van der Waals surface area contributed by atoms with E-state index in [1.807, 2.05) is 12.1 Å². The molecule has 0 heterocycles. The van der Waals surface area contributed by atoms with Gasteiger partial charge in [-0.2, -0.15) is 0 Å². The summed E-state index contributed by atoms with van der Waals surface area (Å²) in [7, 11) is 0. The molecule has 2 rings (SSSR count). The van der Waals surface area contributed by atoms with Crippen molar-refractivity contribution in [3.63, 3.8) is 0 Å². The SMILES string of the molecule is Cc1ccc(COc2ccc(CBr)cc2)cc1C. The quantitative estimate of drug-likeness (QED) is 0.739. The highest BCUT2D eigenvalue weighted by atomic mass is 79.9. The van der Waals surface area contributed by atoms with Gasteiger partial charge < -0.3 is 4.74 Å². The number of ether oxygens (including phenoxy) is 1. The summed E-state index contributed by atoms with van der Waals surface area (Å²) in [5.74, 6) is 0.915. The summed E-state index contributed by atoms with van der Waals surface area (Å²) < 4.78 is 5.77. The molecule has 0 aromatic heterocycles. The molecule has 0 aliphatic rings. The monoisotopic (exact) mass is 304 g/mol. The van der Waals surface area contributed by atoms with E-state index < -0.39 is 0 Å². The molecule has 1 nitrogen and oxygen atoms in total. The third-order valence-electron chi connectivity index (χ3n) is 3.05. The molecule has 0 saturated carbocycles. The third-order valence-corrected chi connectivity index (χ3v) is 3.70. The Morgan fingerprint density at radius 3 is 2.17 bits per heavy atom. The maximum absolute atomic E-state index is 5.77. The second-order valence-electron chi connectivity index (χ2n) is 4.48. The minimum atomic E-state index is 0.620. The van der Waals surface area contributed by atoms with Gasteiger partial charge in [-0.25, -0.2) is 0 Å². The fourth-order valence-corrected chi connectivity index (χ4v) is 2.11. The van der Waals surface area contributed by atoms with Crippen molar-refractivity contribution in [1.29, 1.82) is 0 Å². The lowest BCUT2D eigenvalue weighted by Gasteiger charge is -2.08. The van der Waals surface area contributed by atoms with Crippen molar-refractivity contribution in [3.05, 3.63) is 64.7 Å². The van der Waals surface area contributed by atoms with Crippen LogP contribution >= 0.6 is 15.9 Å². The molecule has 0 fully saturated rings. The van der Waals surface area contributed by atoms with Crippen molar-refractivity contribution in [1.82, 2.24) is 0 Å². The van der Waals surface area contributed by atoms with Gasteiger partial charge in [0.15, 0.2) is 0 Å².